The minimum atomic E-state index is -0.186. The van der Waals surface area contributed by atoms with E-state index in [1.165, 1.54) is 0 Å². The van der Waals surface area contributed by atoms with Crippen molar-refractivity contribution in [3.8, 4) is 5.75 Å². The average Bonchev–Trinajstić information content (AvgIpc) is 3.15. The molecule has 146 valence electrons. The first-order valence-electron chi connectivity index (χ1n) is 8.95. The SMILES string of the molecule is CCCN(CC(=O)Nc1ccccc1OC)CC(=O)N(C)Cc1ccco1. The summed E-state index contributed by atoms with van der Waals surface area (Å²) in [5, 5.41) is 2.84. The maximum Gasteiger partial charge on any atom is 0.238 e. The van der Waals surface area contributed by atoms with Gasteiger partial charge >= 0.3 is 0 Å². The fourth-order valence-electron chi connectivity index (χ4n) is 2.71. The summed E-state index contributed by atoms with van der Waals surface area (Å²) in [7, 11) is 3.28. The van der Waals surface area contributed by atoms with E-state index in [1.54, 1.807) is 43.5 Å². The second-order valence-corrected chi connectivity index (χ2v) is 6.29. The van der Waals surface area contributed by atoms with Gasteiger partial charge in [0.15, 0.2) is 0 Å². The van der Waals surface area contributed by atoms with Crippen LogP contribution in [0.2, 0.25) is 0 Å². The number of carbonyl (C=O) groups is 2. The highest BCUT2D eigenvalue weighted by Gasteiger charge is 2.18. The molecule has 0 atom stereocenters. The van der Waals surface area contributed by atoms with Crippen molar-refractivity contribution in [3.63, 3.8) is 0 Å². The van der Waals surface area contributed by atoms with E-state index in [2.05, 4.69) is 5.32 Å². The number of benzene rings is 1. The number of furan rings is 1. The number of likely N-dealkylation sites (N-methyl/N-ethyl adjacent to an activating group) is 1. The smallest absolute Gasteiger partial charge is 0.238 e. The third-order valence-electron chi connectivity index (χ3n) is 4.05. The van der Waals surface area contributed by atoms with Crippen molar-refractivity contribution in [1.29, 1.82) is 0 Å². The van der Waals surface area contributed by atoms with Crippen molar-refractivity contribution in [3.05, 3.63) is 48.4 Å². The van der Waals surface area contributed by atoms with Gasteiger partial charge in [0.2, 0.25) is 11.8 Å². The minimum Gasteiger partial charge on any atom is -0.495 e. The number of carbonyl (C=O) groups excluding carboxylic acids is 2. The van der Waals surface area contributed by atoms with Gasteiger partial charge in [-0.25, -0.2) is 0 Å². The Morgan fingerprint density at radius 3 is 2.59 bits per heavy atom. The summed E-state index contributed by atoms with van der Waals surface area (Å²) in [4.78, 5) is 28.3. The van der Waals surface area contributed by atoms with Gasteiger partial charge in [0.25, 0.3) is 0 Å². The highest BCUT2D eigenvalue weighted by Crippen LogP contribution is 2.22. The van der Waals surface area contributed by atoms with E-state index in [0.29, 0.717) is 24.5 Å². The Morgan fingerprint density at radius 1 is 1.15 bits per heavy atom. The monoisotopic (exact) mass is 373 g/mol. The quantitative estimate of drug-likeness (QED) is 0.693. The molecule has 1 heterocycles. The molecule has 7 nitrogen and oxygen atoms in total. The number of ether oxygens (including phenoxy) is 1. The summed E-state index contributed by atoms with van der Waals surface area (Å²) in [5.74, 6) is 1.07. The number of anilines is 1. The number of methoxy groups -OCH3 is 1. The molecule has 0 spiro atoms. The molecule has 2 amide bonds. The Bertz CT molecular complexity index is 731. The van der Waals surface area contributed by atoms with E-state index in [0.717, 1.165) is 12.2 Å². The molecule has 2 rings (SSSR count). The second kappa shape index (κ2) is 10.4. The van der Waals surface area contributed by atoms with Crippen molar-refractivity contribution in [2.45, 2.75) is 19.9 Å². The molecule has 1 aromatic heterocycles. The Hall–Kier alpha value is -2.80. The number of hydrogen-bond donors (Lipinski definition) is 1. The molecule has 1 N–H and O–H groups in total. The molecule has 0 aliphatic carbocycles. The van der Waals surface area contributed by atoms with Crippen LogP contribution in [0.5, 0.6) is 5.75 Å². The first-order chi connectivity index (χ1) is 13.0. The minimum absolute atomic E-state index is 0.0649. The fraction of sp³-hybridized carbons (Fsp3) is 0.400. The molecule has 1 aromatic carbocycles. The van der Waals surface area contributed by atoms with Crippen LogP contribution in [-0.2, 0) is 16.1 Å². The van der Waals surface area contributed by atoms with E-state index in [4.69, 9.17) is 9.15 Å². The van der Waals surface area contributed by atoms with E-state index in [-0.39, 0.29) is 24.9 Å². The van der Waals surface area contributed by atoms with Crippen LogP contribution in [0.15, 0.2) is 47.1 Å². The predicted molar refractivity (Wildman–Crippen MR) is 104 cm³/mol. The lowest BCUT2D eigenvalue weighted by Gasteiger charge is -2.24. The maximum absolute atomic E-state index is 12.5. The van der Waals surface area contributed by atoms with E-state index < -0.39 is 0 Å². The van der Waals surface area contributed by atoms with Crippen molar-refractivity contribution in [2.75, 3.05) is 39.1 Å². The molecule has 0 saturated carbocycles. The van der Waals surface area contributed by atoms with Gasteiger partial charge in [-0.1, -0.05) is 19.1 Å². The zero-order valence-corrected chi connectivity index (χ0v) is 16.1. The van der Waals surface area contributed by atoms with Gasteiger partial charge in [-0.3, -0.25) is 14.5 Å². The van der Waals surface area contributed by atoms with Gasteiger partial charge in [-0.05, 0) is 37.2 Å². The topological polar surface area (TPSA) is 75.0 Å². The number of nitrogens with zero attached hydrogens (tertiary/aromatic N) is 2. The van der Waals surface area contributed by atoms with Crippen LogP contribution in [0, 0.1) is 0 Å². The zero-order valence-electron chi connectivity index (χ0n) is 16.1. The van der Waals surface area contributed by atoms with Crippen LogP contribution < -0.4 is 10.1 Å². The van der Waals surface area contributed by atoms with E-state index in [9.17, 15) is 9.59 Å². The number of rotatable bonds is 10. The van der Waals surface area contributed by atoms with Crippen molar-refractivity contribution >= 4 is 17.5 Å². The summed E-state index contributed by atoms with van der Waals surface area (Å²) in [6, 6.07) is 10.9. The first-order valence-corrected chi connectivity index (χ1v) is 8.95. The maximum atomic E-state index is 12.5. The molecule has 0 aliphatic heterocycles. The van der Waals surface area contributed by atoms with Crippen LogP contribution in [0.3, 0.4) is 0 Å². The summed E-state index contributed by atoms with van der Waals surface area (Å²) in [6.45, 7) is 3.37. The summed E-state index contributed by atoms with van der Waals surface area (Å²) in [6.07, 6.45) is 2.43. The summed E-state index contributed by atoms with van der Waals surface area (Å²) >= 11 is 0. The van der Waals surface area contributed by atoms with Gasteiger partial charge in [-0.2, -0.15) is 0 Å². The molecule has 0 bridgehead atoms. The van der Waals surface area contributed by atoms with Crippen LogP contribution in [0.1, 0.15) is 19.1 Å². The zero-order chi connectivity index (χ0) is 19.6. The van der Waals surface area contributed by atoms with Crippen molar-refractivity contribution < 1.29 is 18.7 Å². The summed E-state index contributed by atoms with van der Waals surface area (Å²) < 4.78 is 10.5. The number of nitrogens with one attached hydrogen (secondary N) is 1. The number of amides is 2. The lowest BCUT2D eigenvalue weighted by Crippen LogP contribution is -2.42. The first kappa shape index (κ1) is 20.5. The molecule has 0 fully saturated rings. The highest BCUT2D eigenvalue weighted by molar-refractivity contribution is 5.94. The van der Waals surface area contributed by atoms with Crippen LogP contribution in [-0.4, -0.2) is 55.4 Å². The van der Waals surface area contributed by atoms with Crippen molar-refractivity contribution in [1.82, 2.24) is 9.80 Å². The largest absolute Gasteiger partial charge is 0.495 e. The molecule has 27 heavy (non-hydrogen) atoms. The summed E-state index contributed by atoms with van der Waals surface area (Å²) in [5.41, 5.74) is 0.614. The Morgan fingerprint density at radius 2 is 1.93 bits per heavy atom. The predicted octanol–water partition coefficient (Wildman–Crippen LogP) is 2.60. The second-order valence-electron chi connectivity index (χ2n) is 6.29. The Balaban J connectivity index is 1.91. The molecule has 2 aromatic rings. The average molecular weight is 373 g/mol. The van der Waals surface area contributed by atoms with Gasteiger partial charge in [0.1, 0.15) is 11.5 Å². The molecule has 0 saturated heterocycles. The molecule has 0 radical (unpaired) electrons. The lowest BCUT2D eigenvalue weighted by molar-refractivity contribution is -0.132. The van der Waals surface area contributed by atoms with Crippen LogP contribution >= 0.6 is 0 Å². The molecular weight excluding hydrogens is 346 g/mol. The van der Waals surface area contributed by atoms with Gasteiger partial charge < -0.3 is 19.4 Å². The molecule has 0 aliphatic rings. The van der Waals surface area contributed by atoms with Crippen molar-refractivity contribution in [2.24, 2.45) is 0 Å². The normalized spacial score (nSPS) is 10.7. The molecule has 7 heteroatoms. The van der Waals surface area contributed by atoms with E-state index in [1.807, 2.05) is 30.0 Å². The fourth-order valence-corrected chi connectivity index (χ4v) is 2.71. The molecule has 0 unspecified atom stereocenters. The third kappa shape index (κ3) is 6.45. The highest BCUT2D eigenvalue weighted by atomic mass is 16.5. The lowest BCUT2D eigenvalue weighted by atomic mass is 10.3. The Labute approximate surface area is 159 Å². The molecular formula is C20H27N3O4. The standard InChI is InChI=1S/C20H27N3O4/c1-4-11-23(15-20(25)22(2)13-16-8-7-12-27-16)14-19(24)21-17-9-5-6-10-18(17)26-3/h5-10,12H,4,11,13-15H2,1-3H3,(H,21,24). The van der Waals surface area contributed by atoms with Gasteiger partial charge in [0, 0.05) is 7.05 Å². The third-order valence-corrected chi connectivity index (χ3v) is 4.05. The van der Waals surface area contributed by atoms with Crippen LogP contribution in [0.25, 0.3) is 0 Å². The van der Waals surface area contributed by atoms with E-state index >= 15 is 0 Å². The Kier molecular flexibility index (Phi) is 7.88. The van der Waals surface area contributed by atoms with Gasteiger partial charge in [-0.15, -0.1) is 0 Å². The number of hydrogen-bond acceptors (Lipinski definition) is 5. The van der Waals surface area contributed by atoms with Crippen LogP contribution in [0.4, 0.5) is 5.69 Å². The number of para-hydroxylation sites is 2. The van der Waals surface area contributed by atoms with Gasteiger partial charge in [0.05, 0.1) is 38.7 Å².